The number of fused-ring (bicyclic) bond motifs is 1. The second-order valence-electron chi connectivity index (χ2n) is 5.47. The van der Waals surface area contributed by atoms with Crippen LogP contribution in [-0.4, -0.2) is 44.7 Å². The minimum Gasteiger partial charge on any atom is -0.480 e. The van der Waals surface area contributed by atoms with Gasteiger partial charge in [0.05, 0.1) is 5.56 Å². The Balaban J connectivity index is 1.93. The zero-order valence-corrected chi connectivity index (χ0v) is 12.5. The number of aromatic nitrogens is 2. The van der Waals surface area contributed by atoms with Gasteiger partial charge < -0.3 is 10.0 Å². The third kappa shape index (κ3) is 2.46. The highest BCUT2D eigenvalue weighted by atomic mass is 35.5. The number of hydrogen-bond acceptors (Lipinski definition) is 4. The Morgan fingerprint density at radius 1 is 1.29 bits per heavy atom. The van der Waals surface area contributed by atoms with Gasteiger partial charge in [-0.15, -0.1) is 10.2 Å². The molecular weight excluding hydrogens is 317 g/mol. The Hall–Kier alpha value is -1.40. The van der Waals surface area contributed by atoms with Crippen LogP contribution in [0.5, 0.6) is 0 Å². The van der Waals surface area contributed by atoms with E-state index in [1.165, 1.54) is 11.0 Å². The Bertz CT molecular complexity index is 610. The van der Waals surface area contributed by atoms with Gasteiger partial charge in [-0.3, -0.25) is 4.79 Å². The molecule has 1 aromatic heterocycles. The molecule has 3 rings (SSSR count). The zero-order chi connectivity index (χ0) is 15.1. The highest BCUT2D eigenvalue weighted by Crippen LogP contribution is 2.43. The molecule has 21 heavy (non-hydrogen) atoms. The van der Waals surface area contributed by atoms with Crippen LogP contribution in [0.3, 0.4) is 0 Å². The first-order valence-electron chi connectivity index (χ1n) is 6.71. The molecule has 3 atom stereocenters. The van der Waals surface area contributed by atoms with Crippen LogP contribution in [0.4, 0.5) is 0 Å². The van der Waals surface area contributed by atoms with E-state index in [4.69, 9.17) is 23.2 Å². The van der Waals surface area contributed by atoms with Crippen LogP contribution in [0.1, 0.15) is 29.6 Å². The van der Waals surface area contributed by atoms with Crippen molar-refractivity contribution in [2.75, 3.05) is 6.54 Å². The van der Waals surface area contributed by atoms with E-state index in [9.17, 15) is 14.7 Å². The average Bonchev–Trinajstić information content (AvgIpc) is 3.00. The van der Waals surface area contributed by atoms with E-state index in [1.807, 2.05) is 0 Å². The van der Waals surface area contributed by atoms with Crippen LogP contribution in [0, 0.1) is 11.8 Å². The predicted molar refractivity (Wildman–Crippen MR) is 75.3 cm³/mol. The molecule has 112 valence electrons. The summed E-state index contributed by atoms with van der Waals surface area (Å²) in [5.74, 6) is -1.14. The van der Waals surface area contributed by atoms with Gasteiger partial charge in [-0.25, -0.2) is 4.79 Å². The van der Waals surface area contributed by atoms with E-state index < -0.39 is 17.9 Å². The van der Waals surface area contributed by atoms with Crippen LogP contribution < -0.4 is 0 Å². The topological polar surface area (TPSA) is 83.4 Å². The molecule has 1 saturated carbocycles. The highest BCUT2D eigenvalue weighted by Gasteiger charge is 2.49. The van der Waals surface area contributed by atoms with Gasteiger partial charge in [-0.2, -0.15) is 0 Å². The number of likely N-dealkylation sites (tertiary alicyclic amines) is 1. The van der Waals surface area contributed by atoms with E-state index in [0.29, 0.717) is 6.54 Å². The summed E-state index contributed by atoms with van der Waals surface area (Å²) < 4.78 is 0. The molecule has 1 saturated heterocycles. The number of rotatable bonds is 2. The lowest BCUT2D eigenvalue weighted by molar-refractivity contribution is -0.142. The predicted octanol–water partition coefficient (Wildman–Crippen LogP) is 2.11. The summed E-state index contributed by atoms with van der Waals surface area (Å²) in [6.45, 7) is 0.441. The van der Waals surface area contributed by atoms with Gasteiger partial charge >= 0.3 is 5.97 Å². The minimum atomic E-state index is -0.970. The quantitative estimate of drug-likeness (QED) is 0.898. The summed E-state index contributed by atoms with van der Waals surface area (Å²) >= 11 is 11.6. The van der Waals surface area contributed by atoms with Gasteiger partial charge in [0.1, 0.15) is 6.04 Å². The normalized spacial score (nSPS) is 27.7. The summed E-state index contributed by atoms with van der Waals surface area (Å²) in [5, 5.41) is 16.6. The van der Waals surface area contributed by atoms with Crippen LogP contribution in [0.15, 0.2) is 6.07 Å². The number of carboxylic acids is 1. The van der Waals surface area contributed by atoms with Crippen molar-refractivity contribution in [3.8, 4) is 0 Å². The lowest BCUT2D eigenvalue weighted by Crippen LogP contribution is -2.43. The van der Waals surface area contributed by atoms with Crippen LogP contribution in [0.25, 0.3) is 0 Å². The first-order valence-corrected chi connectivity index (χ1v) is 7.47. The van der Waals surface area contributed by atoms with Crippen molar-refractivity contribution in [3.63, 3.8) is 0 Å². The Morgan fingerprint density at radius 3 is 2.76 bits per heavy atom. The smallest absolute Gasteiger partial charge is 0.326 e. The Kier molecular flexibility index (Phi) is 3.75. The lowest BCUT2D eigenvalue weighted by atomic mass is 9.94. The van der Waals surface area contributed by atoms with Crippen LogP contribution in [0.2, 0.25) is 10.3 Å². The molecule has 1 amide bonds. The van der Waals surface area contributed by atoms with Gasteiger partial charge in [0.2, 0.25) is 0 Å². The number of amides is 1. The summed E-state index contributed by atoms with van der Waals surface area (Å²) in [4.78, 5) is 25.6. The summed E-state index contributed by atoms with van der Waals surface area (Å²) in [5.41, 5.74) is 0.0999. The zero-order valence-electron chi connectivity index (χ0n) is 11.0. The molecule has 1 N–H and O–H groups in total. The fraction of sp³-hybridized carbons (Fsp3) is 0.538. The van der Waals surface area contributed by atoms with Gasteiger partial charge in [0.25, 0.3) is 5.91 Å². The third-order valence-corrected chi connectivity index (χ3v) is 4.82. The molecule has 3 unspecified atom stereocenters. The number of aliphatic carboxylic acids is 1. The number of carbonyl (C=O) groups excluding carboxylic acids is 1. The van der Waals surface area contributed by atoms with Crippen LogP contribution in [-0.2, 0) is 4.79 Å². The maximum absolute atomic E-state index is 12.6. The molecule has 0 spiro atoms. The number of hydrogen-bond donors (Lipinski definition) is 1. The van der Waals surface area contributed by atoms with Gasteiger partial charge in [0, 0.05) is 6.54 Å². The van der Waals surface area contributed by atoms with E-state index >= 15 is 0 Å². The van der Waals surface area contributed by atoms with Crippen molar-refractivity contribution in [2.24, 2.45) is 11.8 Å². The van der Waals surface area contributed by atoms with Crippen molar-refractivity contribution >= 4 is 35.1 Å². The molecule has 0 aromatic carbocycles. The number of carboxylic acid groups (broad SMARTS) is 1. The SMILES string of the molecule is O=C(O)C1C2CCCC2CN1C(=O)c1cc(Cl)nnc1Cl. The molecule has 0 bridgehead atoms. The molecule has 6 nitrogen and oxygen atoms in total. The molecule has 2 fully saturated rings. The van der Waals surface area contributed by atoms with Crippen molar-refractivity contribution in [1.82, 2.24) is 15.1 Å². The van der Waals surface area contributed by atoms with Crippen molar-refractivity contribution < 1.29 is 14.7 Å². The molecule has 8 heteroatoms. The van der Waals surface area contributed by atoms with Crippen molar-refractivity contribution in [3.05, 3.63) is 21.9 Å². The van der Waals surface area contributed by atoms with E-state index in [-0.39, 0.29) is 27.7 Å². The Labute approximate surface area is 131 Å². The second kappa shape index (κ2) is 5.42. The monoisotopic (exact) mass is 329 g/mol. The third-order valence-electron chi connectivity index (χ3n) is 4.35. The maximum Gasteiger partial charge on any atom is 0.326 e. The lowest BCUT2D eigenvalue weighted by Gasteiger charge is -2.24. The van der Waals surface area contributed by atoms with E-state index in [2.05, 4.69) is 10.2 Å². The minimum absolute atomic E-state index is 0.0236. The van der Waals surface area contributed by atoms with Crippen molar-refractivity contribution in [1.29, 1.82) is 0 Å². The molecule has 1 aromatic rings. The summed E-state index contributed by atoms with van der Waals surface area (Å²) in [6, 6.07) is 0.527. The molecular formula is C13H13Cl2N3O3. The van der Waals surface area contributed by atoms with Gasteiger partial charge in [0.15, 0.2) is 10.3 Å². The maximum atomic E-state index is 12.6. The van der Waals surface area contributed by atoms with Crippen LogP contribution >= 0.6 is 23.2 Å². The second-order valence-corrected chi connectivity index (χ2v) is 6.21. The van der Waals surface area contributed by atoms with E-state index in [0.717, 1.165) is 19.3 Å². The van der Waals surface area contributed by atoms with Crippen molar-refractivity contribution in [2.45, 2.75) is 25.3 Å². The molecule has 1 aliphatic heterocycles. The number of nitrogens with zero attached hydrogens (tertiary/aromatic N) is 3. The van der Waals surface area contributed by atoms with Gasteiger partial charge in [-0.05, 0) is 30.7 Å². The van der Waals surface area contributed by atoms with E-state index in [1.54, 1.807) is 0 Å². The summed E-state index contributed by atoms with van der Waals surface area (Å²) in [7, 11) is 0. The first kappa shape index (κ1) is 14.5. The number of carbonyl (C=O) groups is 2. The highest BCUT2D eigenvalue weighted by molar-refractivity contribution is 6.34. The standard InChI is InChI=1S/C13H13Cl2N3O3/c14-9-4-8(11(15)17-16-9)12(19)18-5-6-2-1-3-7(6)10(18)13(20)21/h4,6-7,10H,1-3,5H2,(H,20,21). The molecule has 0 radical (unpaired) electrons. The molecule has 2 heterocycles. The Morgan fingerprint density at radius 2 is 2.05 bits per heavy atom. The first-order chi connectivity index (χ1) is 9.99. The molecule has 2 aliphatic rings. The molecule has 1 aliphatic carbocycles. The summed E-state index contributed by atoms with van der Waals surface area (Å²) in [6.07, 6.45) is 2.82. The van der Waals surface area contributed by atoms with Gasteiger partial charge in [-0.1, -0.05) is 29.6 Å². The number of halogens is 2. The fourth-order valence-corrected chi connectivity index (χ4v) is 3.81. The largest absolute Gasteiger partial charge is 0.480 e. The fourth-order valence-electron chi connectivity index (χ4n) is 3.49. The average molecular weight is 330 g/mol.